The maximum atomic E-state index is 12.4. The largest absolute Gasteiger partial charge is 0.365 e. The predicted octanol–water partition coefficient (Wildman–Crippen LogP) is 1.54. The molecule has 2 saturated heterocycles. The third-order valence-electron chi connectivity index (χ3n) is 4.05. The second-order valence-electron chi connectivity index (χ2n) is 5.54. The summed E-state index contributed by atoms with van der Waals surface area (Å²) in [4.78, 5) is 14.3. The fraction of sp³-hybridized carbons (Fsp3) is 0.929. The standard InChI is InChI=1S/C14H26N2O2/c1-3-16(10-12-6-4-5-9-15-12)14(17)13-8-7-11(2)18-13/h11-13,15H,3-10H2,1-2H3. The van der Waals surface area contributed by atoms with E-state index in [1.54, 1.807) is 0 Å². The lowest BCUT2D eigenvalue weighted by molar-refractivity contribution is -0.142. The molecule has 3 atom stereocenters. The molecule has 1 amide bonds. The first-order valence-electron chi connectivity index (χ1n) is 7.38. The number of carbonyl (C=O) groups is 1. The van der Waals surface area contributed by atoms with Gasteiger partial charge in [0, 0.05) is 19.1 Å². The van der Waals surface area contributed by atoms with Gasteiger partial charge in [-0.25, -0.2) is 0 Å². The van der Waals surface area contributed by atoms with Crippen LogP contribution in [-0.4, -0.2) is 48.7 Å². The lowest BCUT2D eigenvalue weighted by Crippen LogP contribution is -2.48. The number of likely N-dealkylation sites (N-methyl/N-ethyl adjacent to an activating group) is 1. The Labute approximate surface area is 110 Å². The highest BCUT2D eigenvalue weighted by molar-refractivity contribution is 5.81. The van der Waals surface area contributed by atoms with Gasteiger partial charge in [0.2, 0.25) is 0 Å². The van der Waals surface area contributed by atoms with Gasteiger partial charge in [-0.1, -0.05) is 6.42 Å². The smallest absolute Gasteiger partial charge is 0.251 e. The van der Waals surface area contributed by atoms with E-state index >= 15 is 0 Å². The van der Waals surface area contributed by atoms with Crippen LogP contribution in [0.1, 0.15) is 46.0 Å². The van der Waals surface area contributed by atoms with Crippen LogP contribution in [0.5, 0.6) is 0 Å². The minimum absolute atomic E-state index is 0.189. The van der Waals surface area contributed by atoms with Gasteiger partial charge >= 0.3 is 0 Å². The van der Waals surface area contributed by atoms with Crippen molar-refractivity contribution in [3.63, 3.8) is 0 Å². The van der Waals surface area contributed by atoms with E-state index in [1.807, 2.05) is 11.8 Å². The summed E-state index contributed by atoms with van der Waals surface area (Å²) in [7, 11) is 0. The van der Waals surface area contributed by atoms with E-state index in [9.17, 15) is 4.79 Å². The lowest BCUT2D eigenvalue weighted by Gasteiger charge is -2.31. The van der Waals surface area contributed by atoms with Crippen LogP contribution in [0.4, 0.5) is 0 Å². The molecule has 0 aromatic rings. The van der Waals surface area contributed by atoms with E-state index < -0.39 is 0 Å². The average Bonchev–Trinajstić information content (AvgIpc) is 2.83. The maximum absolute atomic E-state index is 12.4. The van der Waals surface area contributed by atoms with Crippen molar-refractivity contribution in [3.05, 3.63) is 0 Å². The Bertz CT molecular complexity index is 277. The molecule has 104 valence electrons. The van der Waals surface area contributed by atoms with E-state index in [4.69, 9.17) is 4.74 Å². The molecule has 2 aliphatic rings. The van der Waals surface area contributed by atoms with Gasteiger partial charge < -0.3 is 15.0 Å². The molecule has 2 fully saturated rings. The summed E-state index contributed by atoms with van der Waals surface area (Å²) in [6, 6.07) is 0.474. The van der Waals surface area contributed by atoms with Gasteiger partial charge in [0.1, 0.15) is 6.10 Å². The Morgan fingerprint density at radius 1 is 1.33 bits per heavy atom. The van der Waals surface area contributed by atoms with Crippen LogP contribution in [0.25, 0.3) is 0 Å². The summed E-state index contributed by atoms with van der Waals surface area (Å²) >= 11 is 0. The van der Waals surface area contributed by atoms with Crippen LogP contribution in [0.3, 0.4) is 0 Å². The number of piperidine rings is 1. The summed E-state index contributed by atoms with van der Waals surface area (Å²) < 4.78 is 5.68. The van der Waals surface area contributed by atoms with Crippen molar-refractivity contribution >= 4 is 5.91 Å². The molecule has 2 aliphatic heterocycles. The lowest BCUT2D eigenvalue weighted by atomic mass is 10.0. The molecule has 0 aromatic carbocycles. The van der Waals surface area contributed by atoms with Crippen LogP contribution >= 0.6 is 0 Å². The van der Waals surface area contributed by atoms with Gasteiger partial charge in [-0.2, -0.15) is 0 Å². The van der Waals surface area contributed by atoms with Gasteiger partial charge in [0.15, 0.2) is 0 Å². The maximum Gasteiger partial charge on any atom is 0.251 e. The summed E-state index contributed by atoms with van der Waals surface area (Å²) in [5, 5.41) is 3.50. The molecular formula is C14H26N2O2. The first-order valence-corrected chi connectivity index (χ1v) is 7.38. The Balaban J connectivity index is 1.85. The number of nitrogens with zero attached hydrogens (tertiary/aromatic N) is 1. The predicted molar refractivity (Wildman–Crippen MR) is 71.5 cm³/mol. The Morgan fingerprint density at radius 2 is 2.17 bits per heavy atom. The third-order valence-corrected chi connectivity index (χ3v) is 4.05. The van der Waals surface area contributed by atoms with Crippen molar-refractivity contribution in [3.8, 4) is 0 Å². The van der Waals surface area contributed by atoms with Crippen molar-refractivity contribution in [2.45, 2.75) is 64.2 Å². The highest BCUT2D eigenvalue weighted by Gasteiger charge is 2.32. The van der Waals surface area contributed by atoms with Crippen LogP contribution in [0.2, 0.25) is 0 Å². The van der Waals surface area contributed by atoms with Gasteiger partial charge in [-0.15, -0.1) is 0 Å². The number of nitrogens with one attached hydrogen (secondary N) is 1. The minimum Gasteiger partial charge on any atom is -0.365 e. The number of amides is 1. The van der Waals surface area contributed by atoms with Crippen LogP contribution in [0.15, 0.2) is 0 Å². The normalized spacial score (nSPS) is 32.4. The number of hydrogen-bond donors (Lipinski definition) is 1. The molecule has 0 aromatic heterocycles. The monoisotopic (exact) mass is 254 g/mol. The molecule has 2 rings (SSSR count). The number of rotatable bonds is 4. The molecule has 2 heterocycles. The van der Waals surface area contributed by atoms with Gasteiger partial charge in [0.25, 0.3) is 5.91 Å². The fourth-order valence-electron chi connectivity index (χ4n) is 2.91. The first-order chi connectivity index (χ1) is 8.70. The van der Waals surface area contributed by atoms with E-state index in [-0.39, 0.29) is 18.1 Å². The molecule has 0 radical (unpaired) electrons. The molecular weight excluding hydrogens is 228 g/mol. The molecule has 0 saturated carbocycles. The molecule has 0 bridgehead atoms. The highest BCUT2D eigenvalue weighted by Crippen LogP contribution is 2.21. The highest BCUT2D eigenvalue weighted by atomic mass is 16.5. The molecule has 3 unspecified atom stereocenters. The van der Waals surface area contributed by atoms with Gasteiger partial charge in [0.05, 0.1) is 6.10 Å². The summed E-state index contributed by atoms with van der Waals surface area (Å²) in [5.74, 6) is 0.189. The van der Waals surface area contributed by atoms with Crippen LogP contribution in [0, 0.1) is 0 Å². The molecule has 18 heavy (non-hydrogen) atoms. The van der Waals surface area contributed by atoms with Crippen molar-refractivity contribution in [2.24, 2.45) is 0 Å². The first kappa shape index (κ1) is 13.8. The van der Waals surface area contributed by atoms with E-state index in [0.717, 1.165) is 32.5 Å². The van der Waals surface area contributed by atoms with Crippen molar-refractivity contribution in [1.29, 1.82) is 0 Å². The fourth-order valence-corrected chi connectivity index (χ4v) is 2.91. The molecule has 1 N–H and O–H groups in total. The topological polar surface area (TPSA) is 41.6 Å². The van der Waals surface area contributed by atoms with Crippen molar-refractivity contribution in [2.75, 3.05) is 19.6 Å². The van der Waals surface area contributed by atoms with E-state index in [2.05, 4.69) is 12.2 Å². The minimum atomic E-state index is -0.191. The third kappa shape index (κ3) is 3.45. The van der Waals surface area contributed by atoms with E-state index in [0.29, 0.717) is 6.04 Å². The molecule has 0 spiro atoms. The molecule has 4 heteroatoms. The van der Waals surface area contributed by atoms with Gasteiger partial charge in [-0.3, -0.25) is 4.79 Å². The Kier molecular flexibility index (Phi) is 5.01. The van der Waals surface area contributed by atoms with E-state index in [1.165, 1.54) is 19.3 Å². The number of hydrogen-bond acceptors (Lipinski definition) is 3. The second-order valence-corrected chi connectivity index (χ2v) is 5.54. The number of carbonyl (C=O) groups excluding carboxylic acids is 1. The summed E-state index contributed by atoms with van der Waals surface area (Å²) in [6.07, 6.45) is 5.67. The van der Waals surface area contributed by atoms with Crippen molar-refractivity contribution in [1.82, 2.24) is 10.2 Å². The molecule has 4 nitrogen and oxygen atoms in total. The van der Waals surface area contributed by atoms with Gasteiger partial charge in [-0.05, 0) is 46.1 Å². The second kappa shape index (κ2) is 6.53. The zero-order chi connectivity index (χ0) is 13.0. The Morgan fingerprint density at radius 3 is 2.72 bits per heavy atom. The zero-order valence-electron chi connectivity index (χ0n) is 11.7. The average molecular weight is 254 g/mol. The van der Waals surface area contributed by atoms with Crippen LogP contribution < -0.4 is 5.32 Å². The summed E-state index contributed by atoms with van der Waals surface area (Å²) in [5.41, 5.74) is 0. The molecule has 0 aliphatic carbocycles. The quantitative estimate of drug-likeness (QED) is 0.827. The zero-order valence-corrected chi connectivity index (χ0v) is 11.7. The van der Waals surface area contributed by atoms with Crippen molar-refractivity contribution < 1.29 is 9.53 Å². The number of ether oxygens (including phenoxy) is 1. The summed E-state index contributed by atoms with van der Waals surface area (Å²) in [6.45, 7) is 6.81. The van der Waals surface area contributed by atoms with Crippen LogP contribution in [-0.2, 0) is 9.53 Å². The SMILES string of the molecule is CCN(CC1CCCCN1)C(=O)C1CCC(C)O1. The Hall–Kier alpha value is -0.610.